The fourth-order valence-corrected chi connectivity index (χ4v) is 1.96. The molecule has 0 saturated carbocycles. The lowest BCUT2D eigenvalue weighted by atomic mass is 10.1. The predicted molar refractivity (Wildman–Crippen MR) is 70.5 cm³/mol. The predicted octanol–water partition coefficient (Wildman–Crippen LogP) is 3.24. The van der Waals surface area contributed by atoms with E-state index in [1.807, 2.05) is 26.8 Å². The molecule has 0 saturated heterocycles. The molecule has 2 rings (SSSR count). The largest absolute Gasteiger partial charge is 0.307 e. The first-order valence-corrected chi connectivity index (χ1v) is 5.70. The molecule has 1 aliphatic heterocycles. The molecule has 0 aromatic carbocycles. The first kappa shape index (κ1) is 12.5. The van der Waals surface area contributed by atoms with Gasteiger partial charge >= 0.3 is 0 Å². The second-order valence-electron chi connectivity index (χ2n) is 3.65. The number of allylic oxidation sites excluding steroid dienone is 1. The second-order valence-corrected chi connectivity index (χ2v) is 3.65. The van der Waals surface area contributed by atoms with Crippen molar-refractivity contribution in [1.82, 2.24) is 4.57 Å². The summed E-state index contributed by atoms with van der Waals surface area (Å²) in [5.41, 5.74) is 3.90. The van der Waals surface area contributed by atoms with Crippen LogP contribution in [0.5, 0.6) is 0 Å². The zero-order valence-electron chi connectivity index (χ0n) is 10.3. The van der Waals surface area contributed by atoms with Crippen LogP contribution >= 0.6 is 0 Å². The quantitative estimate of drug-likeness (QED) is 0.707. The Labute approximate surface area is 96.9 Å². The molecule has 2 nitrogen and oxygen atoms in total. The van der Waals surface area contributed by atoms with Gasteiger partial charge in [0.05, 0.1) is 5.69 Å². The summed E-state index contributed by atoms with van der Waals surface area (Å²) >= 11 is 0. The van der Waals surface area contributed by atoms with Crippen LogP contribution in [-0.4, -0.2) is 4.57 Å². The molecule has 0 fully saturated rings. The van der Waals surface area contributed by atoms with E-state index in [4.69, 9.17) is 0 Å². The molecule has 0 bridgehead atoms. The maximum absolute atomic E-state index is 11.8. The number of fused-ring (bicyclic) bond motifs is 1. The lowest BCUT2D eigenvalue weighted by molar-refractivity contribution is 0.725. The van der Waals surface area contributed by atoms with Crippen molar-refractivity contribution in [3.05, 3.63) is 46.4 Å². The second kappa shape index (κ2) is 4.97. The van der Waals surface area contributed by atoms with Crippen LogP contribution in [0.3, 0.4) is 0 Å². The van der Waals surface area contributed by atoms with Gasteiger partial charge in [0.2, 0.25) is 0 Å². The number of aromatic nitrogens is 1. The molecule has 0 N–H and O–H groups in total. The van der Waals surface area contributed by atoms with Gasteiger partial charge in [-0.15, -0.1) is 0 Å². The summed E-state index contributed by atoms with van der Waals surface area (Å²) in [6.45, 7) is 14.3. The average molecular weight is 217 g/mol. The topological polar surface area (TPSA) is 22.0 Å². The van der Waals surface area contributed by atoms with Gasteiger partial charge in [0.15, 0.2) is 0 Å². The highest BCUT2D eigenvalue weighted by Crippen LogP contribution is 2.27. The van der Waals surface area contributed by atoms with E-state index in [0.29, 0.717) is 0 Å². The van der Waals surface area contributed by atoms with E-state index in [9.17, 15) is 4.79 Å². The standard InChI is InChI=1S/C12H13NO.C2H6/c1-4-10-7-9(3)12(14)13-6-5-8(2)11(10)13;1-2/h4,7H,1-2,5-6H2,3H3;1-2H3. The highest BCUT2D eigenvalue weighted by atomic mass is 16.1. The Morgan fingerprint density at radius 2 is 2.06 bits per heavy atom. The minimum atomic E-state index is 0.101. The van der Waals surface area contributed by atoms with Gasteiger partial charge in [0.25, 0.3) is 5.56 Å². The lowest BCUT2D eigenvalue weighted by Crippen LogP contribution is -2.22. The Bertz CT molecular complexity index is 480. The van der Waals surface area contributed by atoms with Crippen LogP contribution in [0.1, 0.15) is 37.1 Å². The first-order chi connectivity index (χ1) is 7.65. The highest BCUT2D eigenvalue weighted by molar-refractivity contribution is 5.72. The molecule has 86 valence electrons. The molecule has 0 unspecified atom stereocenters. The van der Waals surface area contributed by atoms with E-state index in [1.54, 1.807) is 10.6 Å². The third-order valence-corrected chi connectivity index (χ3v) is 2.69. The van der Waals surface area contributed by atoms with Gasteiger partial charge in [-0.05, 0) is 30.5 Å². The number of rotatable bonds is 1. The first-order valence-electron chi connectivity index (χ1n) is 5.70. The van der Waals surface area contributed by atoms with Crippen molar-refractivity contribution in [2.75, 3.05) is 0 Å². The van der Waals surface area contributed by atoms with Crippen molar-refractivity contribution in [3.63, 3.8) is 0 Å². The molecular formula is C14H19NO. The molecule has 0 radical (unpaired) electrons. The number of pyridine rings is 1. The van der Waals surface area contributed by atoms with Crippen molar-refractivity contribution in [2.45, 2.75) is 33.7 Å². The summed E-state index contributed by atoms with van der Waals surface area (Å²) in [4.78, 5) is 11.8. The Balaban J connectivity index is 0.000000606. The SMILES string of the molecule is C=Cc1cc(C)c(=O)n2c1C(=C)CC2.CC. The van der Waals surface area contributed by atoms with Crippen molar-refractivity contribution in [1.29, 1.82) is 0 Å². The van der Waals surface area contributed by atoms with Crippen LogP contribution in [0.2, 0.25) is 0 Å². The van der Waals surface area contributed by atoms with Crippen LogP contribution in [-0.2, 0) is 6.54 Å². The fraction of sp³-hybridized carbons (Fsp3) is 0.357. The van der Waals surface area contributed by atoms with Crippen LogP contribution in [0, 0.1) is 6.92 Å². The van der Waals surface area contributed by atoms with E-state index in [1.165, 1.54) is 0 Å². The summed E-state index contributed by atoms with van der Waals surface area (Å²) in [6.07, 6.45) is 2.66. The van der Waals surface area contributed by atoms with E-state index in [0.717, 1.165) is 35.4 Å². The monoisotopic (exact) mass is 217 g/mol. The third-order valence-electron chi connectivity index (χ3n) is 2.69. The van der Waals surface area contributed by atoms with Gasteiger partial charge in [-0.3, -0.25) is 4.79 Å². The van der Waals surface area contributed by atoms with Gasteiger partial charge in [-0.25, -0.2) is 0 Å². The Hall–Kier alpha value is -1.57. The zero-order chi connectivity index (χ0) is 12.3. The molecule has 1 aromatic heterocycles. The van der Waals surface area contributed by atoms with E-state index < -0.39 is 0 Å². The molecule has 0 atom stereocenters. The lowest BCUT2D eigenvalue weighted by Gasteiger charge is -2.08. The molecule has 0 spiro atoms. The molecule has 2 heterocycles. The van der Waals surface area contributed by atoms with Gasteiger partial charge in [-0.2, -0.15) is 0 Å². The van der Waals surface area contributed by atoms with Crippen LogP contribution < -0.4 is 5.56 Å². The zero-order valence-corrected chi connectivity index (χ0v) is 10.3. The van der Waals surface area contributed by atoms with E-state index >= 15 is 0 Å². The van der Waals surface area contributed by atoms with Crippen LogP contribution in [0.4, 0.5) is 0 Å². The minimum Gasteiger partial charge on any atom is -0.307 e. The molecule has 16 heavy (non-hydrogen) atoms. The summed E-state index contributed by atoms with van der Waals surface area (Å²) in [7, 11) is 0. The maximum Gasteiger partial charge on any atom is 0.253 e. The maximum atomic E-state index is 11.8. The third kappa shape index (κ3) is 1.87. The summed E-state index contributed by atoms with van der Waals surface area (Å²) < 4.78 is 1.80. The highest BCUT2D eigenvalue weighted by Gasteiger charge is 2.19. The molecule has 1 aliphatic rings. The van der Waals surface area contributed by atoms with Gasteiger partial charge in [0, 0.05) is 12.1 Å². The fourth-order valence-electron chi connectivity index (χ4n) is 1.96. The number of hydrogen-bond donors (Lipinski definition) is 0. The number of nitrogens with zero attached hydrogens (tertiary/aromatic N) is 1. The Morgan fingerprint density at radius 3 is 2.62 bits per heavy atom. The minimum absolute atomic E-state index is 0.101. The Morgan fingerprint density at radius 1 is 1.44 bits per heavy atom. The van der Waals surface area contributed by atoms with Crippen molar-refractivity contribution in [3.8, 4) is 0 Å². The Kier molecular flexibility index (Phi) is 3.88. The van der Waals surface area contributed by atoms with E-state index in [-0.39, 0.29) is 5.56 Å². The summed E-state index contributed by atoms with van der Waals surface area (Å²) in [5.74, 6) is 0. The average Bonchev–Trinajstić information content (AvgIpc) is 2.69. The van der Waals surface area contributed by atoms with Gasteiger partial charge in [0.1, 0.15) is 0 Å². The summed E-state index contributed by atoms with van der Waals surface area (Å²) in [6, 6.07) is 1.89. The van der Waals surface area contributed by atoms with Crippen molar-refractivity contribution >= 4 is 11.6 Å². The summed E-state index contributed by atoms with van der Waals surface area (Å²) in [5, 5.41) is 0. The smallest absolute Gasteiger partial charge is 0.253 e. The molecule has 1 aromatic rings. The van der Waals surface area contributed by atoms with E-state index in [2.05, 4.69) is 13.2 Å². The van der Waals surface area contributed by atoms with Crippen LogP contribution in [0.15, 0.2) is 24.0 Å². The van der Waals surface area contributed by atoms with Crippen molar-refractivity contribution < 1.29 is 0 Å². The van der Waals surface area contributed by atoms with Crippen molar-refractivity contribution in [2.24, 2.45) is 0 Å². The molecule has 0 aliphatic carbocycles. The number of hydrogen-bond acceptors (Lipinski definition) is 1. The molecule has 2 heteroatoms. The molecular weight excluding hydrogens is 198 g/mol. The number of aryl methyl sites for hydroxylation is 1. The van der Waals surface area contributed by atoms with Gasteiger partial charge < -0.3 is 4.57 Å². The molecule has 0 amide bonds. The normalized spacial score (nSPS) is 12.8. The van der Waals surface area contributed by atoms with Gasteiger partial charge in [-0.1, -0.05) is 33.1 Å². The van der Waals surface area contributed by atoms with Crippen LogP contribution in [0.25, 0.3) is 11.6 Å².